The Balaban J connectivity index is 3.20. The van der Waals surface area contributed by atoms with Crippen LogP contribution in [0.1, 0.15) is 5.56 Å². The summed E-state index contributed by atoms with van der Waals surface area (Å²) in [4.78, 5) is 7.13. The summed E-state index contributed by atoms with van der Waals surface area (Å²) in [7, 11) is 0. The maximum Gasteiger partial charge on any atom is 0.193 e. The number of aromatic nitrogens is 1. The van der Waals surface area contributed by atoms with Gasteiger partial charge in [0.2, 0.25) is 0 Å². The first-order chi connectivity index (χ1) is 4.34. The molecular weight excluding hydrogens is 112 g/mol. The van der Waals surface area contributed by atoms with Crippen molar-refractivity contribution in [3.8, 4) is 0 Å². The molecular formula is C7H6N2. The summed E-state index contributed by atoms with van der Waals surface area (Å²) in [6, 6.07) is 1.71. The molecule has 9 heavy (non-hydrogen) atoms. The van der Waals surface area contributed by atoms with E-state index in [9.17, 15) is 0 Å². The number of rotatable bonds is 0. The Labute approximate surface area is 54.0 Å². The Bertz CT molecular complexity index is 247. The van der Waals surface area contributed by atoms with Crippen molar-refractivity contribution in [2.45, 2.75) is 6.92 Å². The van der Waals surface area contributed by atoms with Gasteiger partial charge >= 0.3 is 0 Å². The van der Waals surface area contributed by atoms with Crippen LogP contribution in [-0.2, 0) is 0 Å². The summed E-state index contributed by atoms with van der Waals surface area (Å²) < 4.78 is 0. The average molecular weight is 118 g/mol. The highest BCUT2D eigenvalue weighted by Crippen LogP contribution is 2.14. The first kappa shape index (κ1) is 5.77. The molecule has 2 heteroatoms. The fourth-order valence-electron chi connectivity index (χ4n) is 0.591. The van der Waals surface area contributed by atoms with Gasteiger partial charge in [-0.3, -0.25) is 4.98 Å². The Kier molecular flexibility index (Phi) is 1.46. The Morgan fingerprint density at radius 2 is 2.44 bits per heavy atom. The Hall–Kier alpha value is -1.36. The van der Waals surface area contributed by atoms with Gasteiger partial charge in [0, 0.05) is 12.4 Å². The van der Waals surface area contributed by atoms with Gasteiger partial charge in [-0.05, 0) is 18.6 Å². The lowest BCUT2D eigenvalue weighted by Crippen LogP contribution is -1.72. The van der Waals surface area contributed by atoms with Crippen molar-refractivity contribution in [1.82, 2.24) is 4.98 Å². The Morgan fingerprint density at radius 1 is 1.67 bits per heavy atom. The minimum Gasteiger partial charge on any atom is -0.267 e. The Morgan fingerprint density at radius 3 is 2.89 bits per heavy atom. The molecule has 0 spiro atoms. The van der Waals surface area contributed by atoms with Gasteiger partial charge in [-0.1, -0.05) is 0 Å². The van der Waals surface area contributed by atoms with Crippen LogP contribution in [-0.4, -0.2) is 4.98 Å². The zero-order valence-corrected chi connectivity index (χ0v) is 5.13. The second kappa shape index (κ2) is 2.27. The van der Waals surface area contributed by atoms with Gasteiger partial charge in [0.1, 0.15) is 0 Å². The molecule has 0 aliphatic rings. The molecule has 0 aliphatic carbocycles. The third kappa shape index (κ3) is 1.06. The molecule has 1 aromatic rings. The zero-order valence-electron chi connectivity index (χ0n) is 5.13. The second-order valence-corrected chi connectivity index (χ2v) is 1.77. The van der Waals surface area contributed by atoms with E-state index in [-0.39, 0.29) is 0 Å². The third-order valence-electron chi connectivity index (χ3n) is 1.11. The highest BCUT2D eigenvalue weighted by molar-refractivity contribution is 5.49. The number of aryl methyl sites for hydroxylation is 1. The van der Waals surface area contributed by atoms with Crippen molar-refractivity contribution in [3.05, 3.63) is 35.4 Å². The summed E-state index contributed by atoms with van der Waals surface area (Å²) >= 11 is 0. The second-order valence-electron chi connectivity index (χ2n) is 1.77. The molecule has 0 amide bonds. The van der Waals surface area contributed by atoms with E-state index < -0.39 is 0 Å². The van der Waals surface area contributed by atoms with Crippen LogP contribution < -0.4 is 0 Å². The summed E-state index contributed by atoms with van der Waals surface area (Å²) in [5, 5.41) is 0. The molecule has 0 N–H and O–H groups in total. The molecule has 0 saturated carbocycles. The molecule has 0 bridgehead atoms. The smallest absolute Gasteiger partial charge is 0.193 e. The van der Waals surface area contributed by atoms with Crippen LogP contribution in [0.25, 0.3) is 4.85 Å². The summed E-state index contributed by atoms with van der Waals surface area (Å²) in [6.45, 7) is 8.56. The monoisotopic (exact) mass is 118 g/mol. The predicted octanol–water partition coefficient (Wildman–Crippen LogP) is 1.94. The molecule has 1 rings (SSSR count). The van der Waals surface area contributed by atoms with E-state index in [1.807, 2.05) is 6.92 Å². The van der Waals surface area contributed by atoms with Crippen LogP contribution in [0.3, 0.4) is 0 Å². The van der Waals surface area contributed by atoms with Gasteiger partial charge in [0.15, 0.2) is 5.69 Å². The number of pyridine rings is 1. The molecule has 1 heterocycles. The van der Waals surface area contributed by atoms with Gasteiger partial charge in [-0.25, -0.2) is 4.85 Å². The van der Waals surface area contributed by atoms with Crippen molar-refractivity contribution in [1.29, 1.82) is 0 Å². The standard InChI is InChI=1S/C7H6N2/c1-6-5-9-4-3-7(6)8-2/h3-5H,1H3. The lowest BCUT2D eigenvalue weighted by molar-refractivity contribution is 1.28. The third-order valence-corrected chi connectivity index (χ3v) is 1.11. The molecule has 0 aromatic carbocycles. The fraction of sp³-hybridized carbons (Fsp3) is 0.143. The fourth-order valence-corrected chi connectivity index (χ4v) is 0.591. The van der Waals surface area contributed by atoms with E-state index >= 15 is 0 Å². The van der Waals surface area contributed by atoms with E-state index in [0.29, 0.717) is 5.69 Å². The molecule has 0 radical (unpaired) electrons. The summed E-state index contributed by atoms with van der Waals surface area (Å²) in [5.41, 5.74) is 1.62. The molecule has 0 saturated heterocycles. The van der Waals surface area contributed by atoms with Crippen molar-refractivity contribution < 1.29 is 0 Å². The van der Waals surface area contributed by atoms with Crippen molar-refractivity contribution >= 4 is 5.69 Å². The van der Waals surface area contributed by atoms with Gasteiger partial charge in [-0.2, -0.15) is 0 Å². The number of nitrogens with zero attached hydrogens (tertiary/aromatic N) is 2. The van der Waals surface area contributed by atoms with Crippen molar-refractivity contribution in [2.75, 3.05) is 0 Å². The largest absolute Gasteiger partial charge is 0.267 e. The first-order valence-corrected chi connectivity index (χ1v) is 2.62. The van der Waals surface area contributed by atoms with Crippen molar-refractivity contribution in [3.63, 3.8) is 0 Å². The van der Waals surface area contributed by atoms with E-state index in [0.717, 1.165) is 5.56 Å². The molecule has 2 nitrogen and oxygen atoms in total. The van der Waals surface area contributed by atoms with Crippen LogP contribution in [0.2, 0.25) is 0 Å². The van der Waals surface area contributed by atoms with E-state index in [2.05, 4.69) is 9.83 Å². The number of hydrogen-bond donors (Lipinski definition) is 0. The van der Waals surface area contributed by atoms with Crippen LogP contribution >= 0.6 is 0 Å². The van der Waals surface area contributed by atoms with Gasteiger partial charge in [-0.15, -0.1) is 0 Å². The van der Waals surface area contributed by atoms with Crippen LogP contribution in [0, 0.1) is 13.5 Å². The van der Waals surface area contributed by atoms with Crippen LogP contribution in [0.5, 0.6) is 0 Å². The summed E-state index contributed by atoms with van der Waals surface area (Å²) in [6.07, 6.45) is 3.31. The van der Waals surface area contributed by atoms with E-state index in [1.54, 1.807) is 18.5 Å². The molecule has 44 valence electrons. The van der Waals surface area contributed by atoms with Gasteiger partial charge in [0.05, 0.1) is 6.57 Å². The number of hydrogen-bond acceptors (Lipinski definition) is 1. The predicted molar refractivity (Wildman–Crippen MR) is 35.2 cm³/mol. The van der Waals surface area contributed by atoms with Crippen molar-refractivity contribution in [2.24, 2.45) is 0 Å². The summed E-state index contributed by atoms with van der Waals surface area (Å²) in [5.74, 6) is 0. The zero-order chi connectivity index (χ0) is 6.69. The SMILES string of the molecule is [C-]#[N+]c1ccncc1C. The van der Waals surface area contributed by atoms with Crippen LogP contribution in [0.15, 0.2) is 18.5 Å². The van der Waals surface area contributed by atoms with E-state index in [1.165, 1.54) is 0 Å². The maximum absolute atomic E-state index is 6.68. The quantitative estimate of drug-likeness (QED) is 0.476. The minimum absolute atomic E-state index is 0.685. The van der Waals surface area contributed by atoms with Crippen LogP contribution in [0.4, 0.5) is 5.69 Å². The molecule has 0 atom stereocenters. The molecule has 0 unspecified atom stereocenters. The lowest BCUT2D eigenvalue weighted by Gasteiger charge is -1.90. The lowest BCUT2D eigenvalue weighted by atomic mass is 10.3. The maximum atomic E-state index is 6.68. The highest BCUT2D eigenvalue weighted by atomic mass is 14.7. The van der Waals surface area contributed by atoms with E-state index in [4.69, 9.17) is 6.57 Å². The topological polar surface area (TPSA) is 17.2 Å². The molecule has 0 aliphatic heterocycles. The van der Waals surface area contributed by atoms with Gasteiger partial charge < -0.3 is 0 Å². The normalized spacial score (nSPS) is 8.44. The molecule has 1 aromatic heterocycles. The highest BCUT2D eigenvalue weighted by Gasteiger charge is 1.91. The molecule has 0 fully saturated rings. The average Bonchev–Trinajstić information content (AvgIpc) is 1.89. The first-order valence-electron chi connectivity index (χ1n) is 2.62. The van der Waals surface area contributed by atoms with Gasteiger partial charge in [0.25, 0.3) is 0 Å². The minimum atomic E-state index is 0.685.